The molecule has 1 aliphatic carbocycles. The molecule has 0 bridgehead atoms. The molecule has 5 nitrogen and oxygen atoms in total. The first kappa shape index (κ1) is 18.5. The Morgan fingerprint density at radius 1 is 1.21 bits per heavy atom. The van der Waals surface area contributed by atoms with E-state index < -0.39 is 10.8 Å². The highest BCUT2D eigenvalue weighted by molar-refractivity contribution is 7.85. The molecule has 2 aromatic rings. The number of fused-ring (bicyclic) bond motifs is 2. The Morgan fingerprint density at radius 3 is 2.61 bits per heavy atom. The third-order valence-corrected chi connectivity index (χ3v) is 8.73. The third kappa shape index (κ3) is 2.88. The lowest BCUT2D eigenvalue weighted by Gasteiger charge is -2.45. The van der Waals surface area contributed by atoms with Gasteiger partial charge in [0.2, 0.25) is 5.95 Å². The molecule has 7 heteroatoms. The van der Waals surface area contributed by atoms with Gasteiger partial charge in [0.1, 0.15) is 0 Å². The number of aliphatic hydroxyl groups is 1. The molecule has 1 aromatic carbocycles. The van der Waals surface area contributed by atoms with Crippen LogP contribution in [0.15, 0.2) is 35.4 Å². The quantitative estimate of drug-likeness (QED) is 0.830. The van der Waals surface area contributed by atoms with E-state index in [9.17, 15) is 9.32 Å². The van der Waals surface area contributed by atoms with Gasteiger partial charge in [-0.3, -0.25) is 4.21 Å². The first-order valence-corrected chi connectivity index (χ1v) is 11.7. The molecule has 3 aliphatic rings. The number of benzene rings is 1. The minimum atomic E-state index is -1.05. The molecule has 148 valence electrons. The number of piperidine rings is 1. The maximum Gasteiger partial charge on any atom is 0.225 e. The van der Waals surface area contributed by atoms with E-state index in [2.05, 4.69) is 22.0 Å². The van der Waals surface area contributed by atoms with Gasteiger partial charge in [-0.15, -0.1) is 0 Å². The molecular weight excluding hydrogens is 394 g/mol. The Morgan fingerprint density at radius 2 is 1.96 bits per heavy atom. The number of rotatable bonds is 3. The van der Waals surface area contributed by atoms with Crippen molar-refractivity contribution in [2.45, 2.75) is 41.9 Å². The van der Waals surface area contributed by atoms with Crippen LogP contribution < -0.4 is 4.90 Å². The van der Waals surface area contributed by atoms with E-state index in [1.165, 1.54) is 5.56 Å². The summed E-state index contributed by atoms with van der Waals surface area (Å²) >= 11 is 6.01. The SMILES string of the molecule is O=[S@]1CC2(CCC2CO)c2nc(N3CCC(c4ccc(Cl)cc4)CC3)ncc21. The molecule has 1 saturated heterocycles. The maximum atomic E-state index is 12.6. The van der Waals surface area contributed by atoms with E-state index in [4.69, 9.17) is 16.6 Å². The molecule has 1 saturated carbocycles. The fourth-order valence-electron chi connectivity index (χ4n) is 5.03. The average Bonchev–Trinajstić information content (AvgIpc) is 3.02. The van der Waals surface area contributed by atoms with Gasteiger partial charge < -0.3 is 10.0 Å². The van der Waals surface area contributed by atoms with Gasteiger partial charge in [0.25, 0.3) is 0 Å². The van der Waals surface area contributed by atoms with Crippen molar-refractivity contribution in [3.05, 3.63) is 46.7 Å². The Balaban J connectivity index is 1.35. The highest BCUT2D eigenvalue weighted by Gasteiger charge is 2.55. The Hall–Kier alpha value is -1.50. The largest absolute Gasteiger partial charge is 0.396 e. The smallest absolute Gasteiger partial charge is 0.225 e. The van der Waals surface area contributed by atoms with Crippen LogP contribution in [0, 0.1) is 5.92 Å². The molecule has 28 heavy (non-hydrogen) atoms. The molecule has 0 radical (unpaired) electrons. The topological polar surface area (TPSA) is 66.3 Å². The second kappa shape index (κ2) is 7.08. The molecule has 2 aliphatic heterocycles. The molecule has 2 fully saturated rings. The van der Waals surface area contributed by atoms with Gasteiger partial charge in [0, 0.05) is 42.1 Å². The predicted molar refractivity (Wildman–Crippen MR) is 110 cm³/mol. The van der Waals surface area contributed by atoms with Crippen molar-refractivity contribution in [1.82, 2.24) is 9.97 Å². The third-order valence-electron chi connectivity index (χ3n) is 6.91. The zero-order chi connectivity index (χ0) is 19.3. The molecule has 1 spiro atoms. The first-order valence-electron chi connectivity index (χ1n) is 9.98. The fraction of sp³-hybridized carbons (Fsp3) is 0.524. The molecule has 5 rings (SSSR count). The number of aromatic nitrogens is 2. The zero-order valence-electron chi connectivity index (χ0n) is 15.7. The summed E-state index contributed by atoms with van der Waals surface area (Å²) in [5.74, 6) is 2.04. The van der Waals surface area contributed by atoms with Gasteiger partial charge in [-0.05, 0) is 55.2 Å². The number of nitrogens with zero attached hydrogens (tertiary/aromatic N) is 3. The summed E-state index contributed by atoms with van der Waals surface area (Å²) in [5.41, 5.74) is 2.07. The fourth-order valence-corrected chi connectivity index (χ4v) is 6.93. The standard InChI is InChI=1S/C21H24ClN3O2S/c22-17-3-1-14(2-4-17)15-6-9-25(10-7-15)20-23-11-18-19(24-20)21(13-28(18)27)8-5-16(21)12-26/h1-4,11,15-16,26H,5-10,12-13H2/t16?,21?,28-/m0/s1. The number of hydrogen-bond donors (Lipinski definition) is 1. The molecular formula is C21H24ClN3O2S. The van der Waals surface area contributed by atoms with Crippen LogP contribution in [-0.2, 0) is 16.2 Å². The zero-order valence-corrected chi connectivity index (χ0v) is 17.3. The van der Waals surface area contributed by atoms with Crippen molar-refractivity contribution < 1.29 is 9.32 Å². The summed E-state index contributed by atoms with van der Waals surface area (Å²) in [6.45, 7) is 1.96. The van der Waals surface area contributed by atoms with E-state index >= 15 is 0 Å². The molecule has 3 heterocycles. The second-order valence-corrected chi connectivity index (χ2v) is 10.1. The normalized spacial score (nSPS) is 29.7. The van der Waals surface area contributed by atoms with E-state index in [-0.39, 0.29) is 17.9 Å². The van der Waals surface area contributed by atoms with Crippen LogP contribution in [0.4, 0.5) is 5.95 Å². The first-order chi connectivity index (χ1) is 13.6. The number of halogens is 1. The Labute approximate surface area is 172 Å². The minimum absolute atomic E-state index is 0.141. The van der Waals surface area contributed by atoms with Gasteiger partial charge in [-0.2, -0.15) is 0 Å². The van der Waals surface area contributed by atoms with Crippen LogP contribution in [0.5, 0.6) is 0 Å². The van der Waals surface area contributed by atoms with Gasteiger partial charge in [-0.1, -0.05) is 23.7 Å². The number of aliphatic hydroxyl groups excluding tert-OH is 1. The van der Waals surface area contributed by atoms with Crippen molar-refractivity contribution in [2.24, 2.45) is 5.92 Å². The molecule has 3 atom stereocenters. The summed E-state index contributed by atoms with van der Waals surface area (Å²) in [6, 6.07) is 8.17. The van der Waals surface area contributed by atoms with E-state index in [1.807, 2.05) is 12.1 Å². The molecule has 1 N–H and O–H groups in total. The van der Waals surface area contributed by atoms with Crippen LogP contribution in [-0.4, -0.2) is 44.7 Å². The van der Waals surface area contributed by atoms with E-state index in [0.717, 1.165) is 60.3 Å². The van der Waals surface area contributed by atoms with Gasteiger partial charge in [0.15, 0.2) is 0 Å². The van der Waals surface area contributed by atoms with E-state index in [1.54, 1.807) is 6.20 Å². The van der Waals surface area contributed by atoms with Gasteiger partial charge >= 0.3 is 0 Å². The second-order valence-electron chi connectivity index (χ2n) is 8.26. The number of hydrogen-bond acceptors (Lipinski definition) is 5. The lowest BCUT2D eigenvalue weighted by atomic mass is 9.60. The van der Waals surface area contributed by atoms with Crippen LogP contribution in [0.1, 0.15) is 42.9 Å². The Bertz CT molecular complexity index is 912. The predicted octanol–water partition coefficient (Wildman–Crippen LogP) is 3.28. The van der Waals surface area contributed by atoms with Crippen LogP contribution in [0.3, 0.4) is 0 Å². The lowest BCUT2D eigenvalue weighted by molar-refractivity contribution is 0.0696. The van der Waals surface area contributed by atoms with Crippen LogP contribution in [0.25, 0.3) is 0 Å². The molecule has 1 aromatic heterocycles. The van der Waals surface area contributed by atoms with Gasteiger partial charge in [0.05, 0.1) is 21.4 Å². The van der Waals surface area contributed by atoms with Crippen molar-refractivity contribution >= 4 is 28.3 Å². The summed E-state index contributed by atoms with van der Waals surface area (Å²) in [7, 11) is -1.05. The van der Waals surface area contributed by atoms with Crippen molar-refractivity contribution in [3.63, 3.8) is 0 Å². The number of anilines is 1. The summed E-state index contributed by atoms with van der Waals surface area (Å²) in [6.07, 6.45) is 5.82. The average molecular weight is 418 g/mol. The van der Waals surface area contributed by atoms with Crippen LogP contribution in [0.2, 0.25) is 5.02 Å². The molecule has 2 unspecified atom stereocenters. The Kier molecular flexibility index (Phi) is 4.68. The maximum absolute atomic E-state index is 12.6. The van der Waals surface area contributed by atoms with Crippen molar-refractivity contribution in [3.8, 4) is 0 Å². The van der Waals surface area contributed by atoms with Gasteiger partial charge in [-0.25, -0.2) is 9.97 Å². The van der Waals surface area contributed by atoms with Crippen molar-refractivity contribution in [2.75, 3.05) is 30.3 Å². The van der Waals surface area contributed by atoms with Crippen LogP contribution >= 0.6 is 11.6 Å². The summed E-state index contributed by atoms with van der Waals surface area (Å²) in [4.78, 5) is 12.5. The molecule has 0 amide bonds. The monoisotopic (exact) mass is 417 g/mol. The highest BCUT2D eigenvalue weighted by atomic mass is 35.5. The van der Waals surface area contributed by atoms with E-state index in [0.29, 0.717) is 11.7 Å². The summed E-state index contributed by atoms with van der Waals surface area (Å²) < 4.78 is 12.6. The summed E-state index contributed by atoms with van der Waals surface area (Å²) in [5, 5.41) is 10.5. The van der Waals surface area contributed by atoms with Crippen molar-refractivity contribution in [1.29, 1.82) is 0 Å². The highest BCUT2D eigenvalue weighted by Crippen LogP contribution is 2.54. The lowest BCUT2D eigenvalue weighted by Crippen LogP contribution is -2.48. The minimum Gasteiger partial charge on any atom is -0.396 e.